The molecule has 6 aliphatic rings. The Balaban J connectivity index is 1.05. The fourth-order valence-electron chi connectivity index (χ4n) is 12.1. The number of Topliss-reactive ketones (excluding diaryl/α,β-unsaturated/α-hetero) is 1. The first-order chi connectivity index (χ1) is 25.6. The van der Waals surface area contributed by atoms with Crippen molar-refractivity contribution < 1.29 is 58.1 Å². The molecule has 0 spiro atoms. The van der Waals surface area contributed by atoms with Gasteiger partial charge in [-0.05, 0) is 102 Å². The molecule has 1 aromatic carbocycles. The molecule has 302 valence electrons. The molecule has 6 fully saturated rings. The predicted octanol–water partition coefficient (Wildman–Crippen LogP) is 4.73. The van der Waals surface area contributed by atoms with E-state index >= 15 is 0 Å². The van der Waals surface area contributed by atoms with Crippen molar-refractivity contribution in [1.82, 2.24) is 0 Å². The van der Waals surface area contributed by atoms with Crippen molar-refractivity contribution in [3.05, 3.63) is 35.9 Å². The van der Waals surface area contributed by atoms with E-state index in [0.29, 0.717) is 44.1 Å². The molecule has 12 nitrogen and oxygen atoms in total. The number of carbonyl (C=O) groups excluding carboxylic acids is 2. The third-order valence-corrected chi connectivity index (χ3v) is 15.3. The second kappa shape index (κ2) is 15.1. The number of hydrogen-bond donors (Lipinski definition) is 3. The fourth-order valence-corrected chi connectivity index (χ4v) is 12.1. The van der Waals surface area contributed by atoms with Crippen LogP contribution in [0.15, 0.2) is 30.3 Å². The molecule has 4 saturated carbocycles. The van der Waals surface area contributed by atoms with Gasteiger partial charge in [-0.1, -0.05) is 32.0 Å². The van der Waals surface area contributed by atoms with E-state index in [-0.39, 0.29) is 47.8 Å². The molecule has 0 unspecified atom stereocenters. The van der Waals surface area contributed by atoms with Crippen molar-refractivity contribution in [1.29, 1.82) is 0 Å². The molecule has 2 heterocycles. The van der Waals surface area contributed by atoms with Gasteiger partial charge < -0.3 is 48.5 Å². The predicted molar refractivity (Wildman–Crippen MR) is 195 cm³/mol. The summed E-state index contributed by atoms with van der Waals surface area (Å²) in [4.78, 5) is 26.7. The lowest BCUT2D eigenvalue weighted by molar-refractivity contribution is -0.329. The Bertz CT molecular complexity index is 1510. The lowest BCUT2D eigenvalue weighted by atomic mass is 9.40. The van der Waals surface area contributed by atoms with Gasteiger partial charge >= 0.3 is 5.97 Å². The summed E-state index contributed by atoms with van der Waals surface area (Å²) < 4.78 is 43.2. The molecule has 0 bridgehead atoms. The van der Waals surface area contributed by atoms with Crippen LogP contribution in [0.5, 0.6) is 0 Å². The first kappa shape index (κ1) is 40.2. The third-order valence-electron chi connectivity index (χ3n) is 15.3. The first-order valence-electron chi connectivity index (χ1n) is 20.2. The average molecular weight is 759 g/mol. The highest BCUT2D eigenvalue weighted by Crippen LogP contribution is 2.71. The van der Waals surface area contributed by atoms with Crippen LogP contribution < -0.4 is 0 Å². The molecule has 0 aromatic heterocycles. The maximum absolute atomic E-state index is 13.6. The molecule has 12 heteroatoms. The number of ketones is 1. The Morgan fingerprint density at radius 3 is 2.17 bits per heavy atom. The number of rotatable bonds is 9. The largest absolute Gasteiger partial charge is 0.458 e. The number of aliphatic hydroxyl groups is 3. The van der Waals surface area contributed by atoms with Crippen LogP contribution in [0.2, 0.25) is 0 Å². The molecule has 0 radical (unpaired) electrons. The van der Waals surface area contributed by atoms with Crippen LogP contribution in [0, 0.1) is 28.6 Å². The number of methoxy groups -OCH3 is 2. The second-order valence-electron chi connectivity index (χ2n) is 17.7. The quantitative estimate of drug-likeness (QED) is 0.235. The number of aliphatic hydroxyl groups excluding tert-OH is 1. The average Bonchev–Trinajstić information content (AvgIpc) is 3.44. The SMILES string of the molecule is CO[C@H]1C[C@H](O[C@H]2CC[C@@]3(C)[C@@H](CC[C@]4(O)[C@@H]3C[C@@H](OC(=O)c3ccccc3)[C@]3(C)[C@@H](C(C)=O)CC[C@@]34O)C2)O[C@H](C)[C@H]1O[C@H]1C[C@@H](OC)[C@H](O)[C@@H](C)O1. The number of ether oxygens (including phenoxy) is 7. The zero-order valence-electron chi connectivity index (χ0n) is 33.0. The summed E-state index contributed by atoms with van der Waals surface area (Å²) in [6, 6.07) is 8.82. The highest BCUT2D eigenvalue weighted by Gasteiger charge is 2.78. The van der Waals surface area contributed by atoms with Crippen molar-refractivity contribution in [2.75, 3.05) is 14.2 Å². The van der Waals surface area contributed by atoms with Crippen LogP contribution >= 0.6 is 0 Å². The van der Waals surface area contributed by atoms with E-state index < -0.39 is 71.6 Å². The number of benzene rings is 1. The van der Waals surface area contributed by atoms with Crippen molar-refractivity contribution >= 4 is 11.8 Å². The smallest absolute Gasteiger partial charge is 0.338 e. The van der Waals surface area contributed by atoms with E-state index in [1.165, 1.54) is 0 Å². The molecule has 7 rings (SSSR count). The van der Waals surface area contributed by atoms with Gasteiger partial charge in [0, 0.05) is 38.4 Å². The summed E-state index contributed by atoms with van der Waals surface area (Å²) >= 11 is 0. The van der Waals surface area contributed by atoms with Gasteiger partial charge in [0.1, 0.15) is 29.7 Å². The van der Waals surface area contributed by atoms with Crippen LogP contribution in [0.25, 0.3) is 0 Å². The van der Waals surface area contributed by atoms with E-state index in [0.717, 1.165) is 19.3 Å². The molecule has 3 N–H and O–H groups in total. The fraction of sp³-hybridized carbons (Fsp3) is 0.810. The van der Waals surface area contributed by atoms with Crippen molar-refractivity contribution in [2.45, 2.75) is 171 Å². The maximum atomic E-state index is 13.6. The Morgan fingerprint density at radius 1 is 0.815 bits per heavy atom. The first-order valence-corrected chi connectivity index (χ1v) is 20.2. The molecule has 1 aromatic rings. The highest BCUT2D eigenvalue weighted by molar-refractivity contribution is 5.89. The summed E-state index contributed by atoms with van der Waals surface area (Å²) in [7, 11) is 3.24. The number of esters is 1. The third kappa shape index (κ3) is 6.49. The van der Waals surface area contributed by atoms with Gasteiger partial charge in [-0.3, -0.25) is 4.79 Å². The molecule has 17 atom stereocenters. The molecule has 54 heavy (non-hydrogen) atoms. The zero-order chi connectivity index (χ0) is 38.8. The van der Waals surface area contributed by atoms with E-state index in [2.05, 4.69) is 6.92 Å². The van der Waals surface area contributed by atoms with Crippen LogP contribution in [0.3, 0.4) is 0 Å². The van der Waals surface area contributed by atoms with E-state index in [9.17, 15) is 24.9 Å². The highest BCUT2D eigenvalue weighted by atomic mass is 16.7. The Morgan fingerprint density at radius 2 is 1.48 bits per heavy atom. The van der Waals surface area contributed by atoms with Gasteiger partial charge in [0.2, 0.25) is 0 Å². The van der Waals surface area contributed by atoms with Crippen molar-refractivity contribution in [3.8, 4) is 0 Å². The maximum Gasteiger partial charge on any atom is 0.338 e. The van der Waals surface area contributed by atoms with Gasteiger partial charge in [-0.15, -0.1) is 0 Å². The Hall–Kier alpha value is -2.00. The van der Waals surface area contributed by atoms with Crippen LogP contribution in [-0.2, 0) is 38.0 Å². The van der Waals surface area contributed by atoms with Gasteiger partial charge in [0.15, 0.2) is 12.6 Å². The normalized spacial score (nSPS) is 49.0. The van der Waals surface area contributed by atoms with Gasteiger partial charge in [0.25, 0.3) is 0 Å². The van der Waals surface area contributed by atoms with Crippen molar-refractivity contribution in [3.63, 3.8) is 0 Å². The Kier molecular flexibility index (Phi) is 11.2. The summed E-state index contributed by atoms with van der Waals surface area (Å²) in [6.07, 6.45) is 0.762. The topological polar surface area (TPSA) is 159 Å². The van der Waals surface area contributed by atoms with E-state index in [4.69, 9.17) is 33.2 Å². The Labute approximate surface area is 319 Å². The van der Waals surface area contributed by atoms with Gasteiger partial charge in [0.05, 0.1) is 41.7 Å². The second-order valence-corrected chi connectivity index (χ2v) is 17.7. The standard InChI is InChI=1S/C42H62O12/c1-23(43)29-15-18-42(47)40(29,5)33(53-38(45)26-11-9-8-10-12-26)22-32-39(4)16-14-28(19-27(39)13-17-41(32,42)46)52-34-21-31(49-7)37(25(3)51-34)54-35-20-30(48-6)36(44)24(2)50-35/h8-12,24-25,27-37,44,46-47H,13-22H2,1-7H3/t24-,25-,27+,28+,29-,30-,31+,32-,33-,34+,35+,36-,37-,39+,40+,41+,42-/m1/s1. The molecule has 2 saturated heterocycles. The molecule has 4 aliphatic carbocycles. The molecule has 0 amide bonds. The lowest BCUT2D eigenvalue weighted by Gasteiger charge is -2.68. The number of hydrogen-bond acceptors (Lipinski definition) is 12. The summed E-state index contributed by atoms with van der Waals surface area (Å²) in [5, 5.41) is 36.1. The summed E-state index contributed by atoms with van der Waals surface area (Å²) in [6.45, 7) is 9.38. The van der Waals surface area contributed by atoms with Crippen LogP contribution in [0.1, 0.15) is 109 Å². The van der Waals surface area contributed by atoms with Gasteiger partial charge in [-0.2, -0.15) is 0 Å². The molecule has 2 aliphatic heterocycles. The molecular formula is C42H62O12. The van der Waals surface area contributed by atoms with Gasteiger partial charge in [-0.25, -0.2) is 4.79 Å². The zero-order valence-corrected chi connectivity index (χ0v) is 33.0. The molecular weight excluding hydrogens is 696 g/mol. The monoisotopic (exact) mass is 758 g/mol. The minimum absolute atomic E-state index is 0.0573. The van der Waals surface area contributed by atoms with E-state index in [1.807, 2.05) is 19.9 Å². The minimum Gasteiger partial charge on any atom is -0.458 e. The van der Waals surface area contributed by atoms with Crippen LogP contribution in [-0.4, -0.2) is 114 Å². The lowest BCUT2D eigenvalue weighted by Crippen LogP contribution is -2.76. The van der Waals surface area contributed by atoms with Crippen LogP contribution in [0.4, 0.5) is 0 Å². The summed E-state index contributed by atoms with van der Waals surface area (Å²) in [5.41, 5.74) is -4.13. The van der Waals surface area contributed by atoms with E-state index in [1.54, 1.807) is 52.3 Å². The van der Waals surface area contributed by atoms with Crippen molar-refractivity contribution in [2.24, 2.45) is 28.6 Å². The number of carbonyl (C=O) groups is 2. The summed E-state index contributed by atoms with van der Waals surface area (Å²) in [5.74, 6) is -1.25. The minimum atomic E-state index is -1.60. The number of fused-ring (bicyclic) bond motifs is 5.